The third kappa shape index (κ3) is 1.25. The number of phenols is 2. The van der Waals surface area contributed by atoms with Crippen molar-refractivity contribution in [1.29, 1.82) is 0 Å². The first-order valence-corrected chi connectivity index (χ1v) is 7.56. The van der Waals surface area contributed by atoms with Crippen molar-refractivity contribution in [3.05, 3.63) is 34.9 Å². The van der Waals surface area contributed by atoms with Crippen molar-refractivity contribution in [2.75, 3.05) is 0 Å². The average molecular weight is 268 g/mol. The van der Waals surface area contributed by atoms with Crippen LogP contribution in [0.1, 0.15) is 55.7 Å². The lowest BCUT2D eigenvalue weighted by Gasteiger charge is -2.27. The molecule has 20 heavy (non-hydrogen) atoms. The smallest absolute Gasteiger partial charge is 0.127 e. The van der Waals surface area contributed by atoms with Crippen LogP contribution in [0.4, 0.5) is 0 Å². The summed E-state index contributed by atoms with van der Waals surface area (Å²) in [5, 5.41) is 23.3. The highest BCUT2D eigenvalue weighted by molar-refractivity contribution is 5.99. The molecule has 0 heterocycles. The van der Waals surface area contributed by atoms with Crippen LogP contribution in [-0.2, 0) is 11.8 Å². The molecule has 2 unspecified atom stereocenters. The molecule has 4 rings (SSSR count). The highest BCUT2D eigenvalue weighted by Crippen LogP contribution is 2.63. The van der Waals surface area contributed by atoms with Crippen LogP contribution in [0.5, 0.6) is 11.5 Å². The maximum atomic E-state index is 10.8. The monoisotopic (exact) mass is 268 g/mol. The molecule has 2 aromatic carbocycles. The minimum Gasteiger partial charge on any atom is -0.507 e. The molecule has 0 aromatic heterocycles. The number of aromatic hydroxyl groups is 2. The second-order valence-corrected chi connectivity index (χ2v) is 6.68. The van der Waals surface area contributed by atoms with Gasteiger partial charge in [0.1, 0.15) is 11.5 Å². The number of hydrogen-bond acceptors (Lipinski definition) is 2. The number of phenolic OH excluding ortho intramolecular Hbond substituents is 2. The van der Waals surface area contributed by atoms with Gasteiger partial charge in [0.2, 0.25) is 0 Å². The van der Waals surface area contributed by atoms with Crippen molar-refractivity contribution in [3.8, 4) is 11.5 Å². The molecule has 2 heteroatoms. The summed E-state index contributed by atoms with van der Waals surface area (Å²) < 4.78 is 0. The molecule has 0 saturated heterocycles. The minimum absolute atomic E-state index is 0.0535. The number of rotatable bonds is 1. The van der Waals surface area contributed by atoms with E-state index in [0.717, 1.165) is 53.1 Å². The van der Waals surface area contributed by atoms with Gasteiger partial charge in [0.05, 0.1) is 0 Å². The molecule has 1 saturated carbocycles. The molecule has 0 aliphatic heterocycles. The van der Waals surface area contributed by atoms with E-state index in [1.54, 1.807) is 0 Å². The van der Waals surface area contributed by atoms with Crippen molar-refractivity contribution in [2.45, 2.75) is 50.9 Å². The SMILES string of the molecule is CCc1cccc2c(O)c3c(c(O)c12)C1CCC3(C)C1. The van der Waals surface area contributed by atoms with Gasteiger partial charge < -0.3 is 10.2 Å². The topological polar surface area (TPSA) is 40.5 Å². The zero-order valence-corrected chi connectivity index (χ0v) is 12.0. The number of hydrogen-bond donors (Lipinski definition) is 2. The molecule has 2 aliphatic carbocycles. The Balaban J connectivity index is 2.19. The maximum absolute atomic E-state index is 10.8. The van der Waals surface area contributed by atoms with Crippen molar-refractivity contribution in [1.82, 2.24) is 0 Å². The molecule has 0 spiro atoms. The molecule has 0 radical (unpaired) electrons. The summed E-state index contributed by atoms with van der Waals surface area (Å²) in [6.07, 6.45) is 4.19. The van der Waals surface area contributed by atoms with E-state index >= 15 is 0 Å². The molecular formula is C18H20O2. The Hall–Kier alpha value is -1.70. The summed E-state index contributed by atoms with van der Waals surface area (Å²) in [5.41, 5.74) is 3.22. The van der Waals surface area contributed by atoms with Gasteiger partial charge in [-0.1, -0.05) is 32.0 Å². The molecule has 0 amide bonds. The predicted octanol–water partition coefficient (Wildman–Crippen LogP) is 4.35. The molecule has 2 bridgehead atoms. The molecule has 2 N–H and O–H groups in total. The summed E-state index contributed by atoms with van der Waals surface area (Å²) in [6, 6.07) is 5.95. The van der Waals surface area contributed by atoms with Crippen molar-refractivity contribution >= 4 is 10.8 Å². The lowest BCUT2D eigenvalue weighted by atomic mass is 9.78. The largest absolute Gasteiger partial charge is 0.507 e. The Morgan fingerprint density at radius 1 is 1.25 bits per heavy atom. The fraction of sp³-hybridized carbons (Fsp3) is 0.444. The van der Waals surface area contributed by atoms with Gasteiger partial charge in [-0.2, -0.15) is 0 Å². The van der Waals surface area contributed by atoms with Crippen LogP contribution in [0, 0.1) is 0 Å². The van der Waals surface area contributed by atoms with Crippen molar-refractivity contribution < 1.29 is 10.2 Å². The second kappa shape index (κ2) is 3.69. The standard InChI is InChI=1S/C18H20O2/c1-3-10-5-4-6-12-13(10)17(20)14-11-7-8-18(2,9-11)15(14)16(12)19/h4-6,11,19-20H,3,7-9H2,1-2H3. The Kier molecular flexibility index (Phi) is 2.23. The van der Waals surface area contributed by atoms with Gasteiger partial charge in [0.25, 0.3) is 0 Å². The fourth-order valence-electron chi connectivity index (χ4n) is 4.61. The van der Waals surface area contributed by atoms with Gasteiger partial charge >= 0.3 is 0 Å². The van der Waals surface area contributed by atoms with E-state index in [-0.39, 0.29) is 5.41 Å². The van der Waals surface area contributed by atoms with E-state index in [0.29, 0.717) is 17.4 Å². The highest BCUT2D eigenvalue weighted by Gasteiger charge is 2.49. The third-order valence-electron chi connectivity index (χ3n) is 5.54. The predicted molar refractivity (Wildman–Crippen MR) is 80.6 cm³/mol. The molecule has 2 aromatic rings. The van der Waals surface area contributed by atoms with Crippen molar-refractivity contribution in [2.24, 2.45) is 0 Å². The van der Waals surface area contributed by atoms with E-state index in [1.165, 1.54) is 0 Å². The van der Waals surface area contributed by atoms with Crippen molar-refractivity contribution in [3.63, 3.8) is 0 Å². The summed E-state index contributed by atoms with van der Waals surface area (Å²) in [5.74, 6) is 1.27. The summed E-state index contributed by atoms with van der Waals surface area (Å²) in [7, 11) is 0. The second-order valence-electron chi connectivity index (χ2n) is 6.68. The first-order chi connectivity index (χ1) is 9.57. The van der Waals surface area contributed by atoms with Crippen LogP contribution in [-0.4, -0.2) is 10.2 Å². The van der Waals surface area contributed by atoms with Crippen LogP contribution >= 0.6 is 0 Å². The zero-order chi connectivity index (χ0) is 14.1. The van der Waals surface area contributed by atoms with E-state index in [1.807, 2.05) is 18.2 Å². The lowest BCUT2D eigenvalue weighted by molar-refractivity contribution is 0.427. The van der Waals surface area contributed by atoms with Crippen LogP contribution in [0.3, 0.4) is 0 Å². The molecule has 2 nitrogen and oxygen atoms in total. The van der Waals surface area contributed by atoms with Crippen LogP contribution < -0.4 is 0 Å². The van der Waals surface area contributed by atoms with E-state index in [2.05, 4.69) is 13.8 Å². The van der Waals surface area contributed by atoms with Crippen LogP contribution in [0.2, 0.25) is 0 Å². The van der Waals surface area contributed by atoms with Gasteiger partial charge in [0, 0.05) is 21.9 Å². The fourth-order valence-corrected chi connectivity index (χ4v) is 4.61. The number of aryl methyl sites for hydroxylation is 1. The Bertz CT molecular complexity index is 732. The molecule has 2 aliphatic rings. The zero-order valence-electron chi connectivity index (χ0n) is 12.0. The Morgan fingerprint density at radius 3 is 2.80 bits per heavy atom. The summed E-state index contributed by atoms with van der Waals surface area (Å²) in [6.45, 7) is 4.32. The Labute approximate surface area is 119 Å². The number of benzene rings is 2. The van der Waals surface area contributed by atoms with E-state index in [9.17, 15) is 10.2 Å². The van der Waals surface area contributed by atoms with E-state index in [4.69, 9.17) is 0 Å². The Morgan fingerprint density at radius 2 is 2.05 bits per heavy atom. The maximum Gasteiger partial charge on any atom is 0.127 e. The summed E-state index contributed by atoms with van der Waals surface area (Å²) >= 11 is 0. The summed E-state index contributed by atoms with van der Waals surface area (Å²) in [4.78, 5) is 0. The van der Waals surface area contributed by atoms with Gasteiger partial charge in [-0.25, -0.2) is 0 Å². The first kappa shape index (κ1) is 12.1. The van der Waals surface area contributed by atoms with Crippen LogP contribution in [0.25, 0.3) is 10.8 Å². The van der Waals surface area contributed by atoms with Gasteiger partial charge in [-0.15, -0.1) is 0 Å². The van der Waals surface area contributed by atoms with Crippen LogP contribution in [0.15, 0.2) is 18.2 Å². The first-order valence-electron chi connectivity index (χ1n) is 7.56. The molecular weight excluding hydrogens is 248 g/mol. The molecule has 104 valence electrons. The van der Waals surface area contributed by atoms with Gasteiger partial charge in [-0.3, -0.25) is 0 Å². The lowest BCUT2D eigenvalue weighted by Crippen LogP contribution is -2.16. The normalized spacial score (nSPS) is 27.2. The average Bonchev–Trinajstić information content (AvgIpc) is 2.97. The molecule has 1 fully saturated rings. The molecule has 2 atom stereocenters. The minimum atomic E-state index is 0.0535. The quantitative estimate of drug-likeness (QED) is 0.755. The highest BCUT2D eigenvalue weighted by atomic mass is 16.3. The third-order valence-corrected chi connectivity index (χ3v) is 5.54. The number of fused-ring (bicyclic) bond motifs is 6. The van der Waals surface area contributed by atoms with E-state index < -0.39 is 0 Å². The van der Waals surface area contributed by atoms with Gasteiger partial charge in [-0.05, 0) is 42.6 Å². The van der Waals surface area contributed by atoms with Gasteiger partial charge in [0.15, 0.2) is 0 Å².